The number of phenols is 1. The maximum atomic E-state index is 9.82. The van der Waals surface area contributed by atoms with Gasteiger partial charge in [0.15, 0.2) is 0 Å². The lowest BCUT2D eigenvalue weighted by atomic mass is 9.76. The van der Waals surface area contributed by atoms with Crippen molar-refractivity contribution in [3.05, 3.63) is 23.8 Å². The van der Waals surface area contributed by atoms with Gasteiger partial charge in [-0.25, -0.2) is 0 Å². The first-order valence-corrected chi connectivity index (χ1v) is 7.73. The molecular formula is C16H22N2O2. The lowest BCUT2D eigenvalue weighted by Crippen LogP contribution is -2.60. The van der Waals surface area contributed by atoms with E-state index >= 15 is 0 Å². The van der Waals surface area contributed by atoms with E-state index in [1.165, 1.54) is 36.9 Å². The van der Waals surface area contributed by atoms with Gasteiger partial charge in [0, 0.05) is 24.7 Å². The van der Waals surface area contributed by atoms with Crippen molar-refractivity contribution >= 4 is 5.69 Å². The molecule has 2 N–H and O–H groups in total. The van der Waals surface area contributed by atoms with Crippen LogP contribution in [-0.2, 0) is 4.74 Å². The molecule has 1 saturated heterocycles. The van der Waals surface area contributed by atoms with Crippen LogP contribution in [-0.4, -0.2) is 42.0 Å². The molecule has 0 unspecified atom stereocenters. The Morgan fingerprint density at radius 3 is 2.95 bits per heavy atom. The molecule has 0 radical (unpaired) electrons. The monoisotopic (exact) mass is 274 g/mol. The van der Waals surface area contributed by atoms with E-state index in [0.717, 1.165) is 26.3 Å². The van der Waals surface area contributed by atoms with Crippen molar-refractivity contribution in [2.75, 3.05) is 31.6 Å². The highest BCUT2D eigenvalue weighted by Crippen LogP contribution is 2.52. The number of morpholine rings is 1. The summed E-state index contributed by atoms with van der Waals surface area (Å²) in [6.45, 7) is 3.67. The van der Waals surface area contributed by atoms with E-state index in [1.54, 1.807) is 6.07 Å². The third-order valence-corrected chi connectivity index (χ3v) is 5.21. The molecule has 108 valence electrons. The van der Waals surface area contributed by atoms with Gasteiger partial charge in [-0.1, -0.05) is 6.42 Å². The van der Waals surface area contributed by atoms with E-state index in [1.807, 2.05) is 12.1 Å². The van der Waals surface area contributed by atoms with Crippen molar-refractivity contribution in [1.82, 2.24) is 4.90 Å². The second-order valence-corrected chi connectivity index (χ2v) is 6.22. The van der Waals surface area contributed by atoms with Gasteiger partial charge in [-0.2, -0.15) is 0 Å². The normalized spacial score (nSPS) is 33.3. The van der Waals surface area contributed by atoms with Gasteiger partial charge in [-0.3, -0.25) is 4.90 Å². The highest BCUT2D eigenvalue weighted by atomic mass is 16.5. The van der Waals surface area contributed by atoms with E-state index in [9.17, 15) is 5.11 Å². The Morgan fingerprint density at radius 1 is 1.25 bits per heavy atom. The molecule has 0 spiro atoms. The number of phenolic OH excluding ortho intramolecular Hbond substituents is 1. The van der Waals surface area contributed by atoms with Crippen LogP contribution in [0.15, 0.2) is 18.2 Å². The summed E-state index contributed by atoms with van der Waals surface area (Å²) < 4.78 is 5.52. The van der Waals surface area contributed by atoms with Crippen LogP contribution in [0.1, 0.15) is 37.2 Å². The minimum absolute atomic E-state index is 0.0537. The lowest BCUT2D eigenvalue weighted by Gasteiger charge is -2.49. The molecule has 0 aromatic heterocycles. The average molecular weight is 274 g/mol. The van der Waals surface area contributed by atoms with Crippen LogP contribution in [0.2, 0.25) is 0 Å². The van der Waals surface area contributed by atoms with Gasteiger partial charge in [-0.15, -0.1) is 0 Å². The molecule has 4 rings (SSSR count). The van der Waals surface area contributed by atoms with Crippen molar-refractivity contribution in [2.24, 2.45) is 0 Å². The Balaban J connectivity index is 1.74. The maximum absolute atomic E-state index is 9.82. The minimum atomic E-state index is 0.0537. The molecule has 1 aliphatic carbocycles. The number of hydrogen-bond acceptors (Lipinski definition) is 4. The molecule has 1 aromatic carbocycles. The van der Waals surface area contributed by atoms with Gasteiger partial charge in [-0.05, 0) is 43.0 Å². The lowest BCUT2D eigenvalue weighted by molar-refractivity contribution is -0.0308. The second kappa shape index (κ2) is 4.64. The maximum Gasteiger partial charge on any atom is 0.116 e. The van der Waals surface area contributed by atoms with Gasteiger partial charge in [0.25, 0.3) is 0 Å². The molecule has 2 heterocycles. The van der Waals surface area contributed by atoms with E-state index < -0.39 is 0 Å². The average Bonchev–Trinajstić information content (AvgIpc) is 2.83. The Labute approximate surface area is 119 Å². The summed E-state index contributed by atoms with van der Waals surface area (Å²) in [5.74, 6) is 0.880. The number of fused-ring (bicyclic) bond motifs is 3. The summed E-state index contributed by atoms with van der Waals surface area (Å²) in [6.07, 6.45) is 4.96. The van der Waals surface area contributed by atoms with Gasteiger partial charge in [0.1, 0.15) is 5.75 Å². The number of nitrogens with zero attached hydrogens (tertiary/aromatic N) is 1. The number of rotatable bonds is 1. The molecule has 0 bridgehead atoms. The Kier molecular flexibility index (Phi) is 2.89. The zero-order chi connectivity index (χ0) is 13.6. The van der Waals surface area contributed by atoms with Gasteiger partial charge in [0.05, 0.1) is 18.9 Å². The van der Waals surface area contributed by atoms with Crippen LogP contribution in [0, 0.1) is 0 Å². The number of ether oxygens (including phenoxy) is 1. The van der Waals surface area contributed by atoms with Crippen LogP contribution >= 0.6 is 0 Å². The molecule has 2 atom stereocenters. The predicted octanol–water partition coefficient (Wildman–Crippen LogP) is 2.50. The molecule has 3 aliphatic rings. The second-order valence-electron chi connectivity index (χ2n) is 6.22. The zero-order valence-corrected chi connectivity index (χ0v) is 11.8. The number of anilines is 1. The van der Waals surface area contributed by atoms with Crippen molar-refractivity contribution in [3.8, 4) is 5.75 Å². The van der Waals surface area contributed by atoms with Crippen LogP contribution < -0.4 is 5.32 Å². The van der Waals surface area contributed by atoms with Gasteiger partial charge in [0.2, 0.25) is 0 Å². The predicted molar refractivity (Wildman–Crippen MR) is 78.1 cm³/mol. The number of hydrogen-bond donors (Lipinski definition) is 2. The third kappa shape index (κ3) is 1.75. The molecule has 1 saturated carbocycles. The van der Waals surface area contributed by atoms with Crippen molar-refractivity contribution in [3.63, 3.8) is 0 Å². The first-order valence-electron chi connectivity index (χ1n) is 7.73. The summed E-state index contributed by atoms with van der Waals surface area (Å²) in [7, 11) is 0. The quantitative estimate of drug-likeness (QED) is 0.772. The number of aromatic hydroxyl groups is 1. The summed E-state index contributed by atoms with van der Waals surface area (Å²) in [4.78, 5) is 2.58. The largest absolute Gasteiger partial charge is 0.508 e. The molecule has 2 fully saturated rings. The smallest absolute Gasteiger partial charge is 0.116 e. The summed E-state index contributed by atoms with van der Waals surface area (Å²) in [5, 5.41) is 13.6. The Bertz CT molecular complexity index is 513. The standard InChI is InChI=1S/C16H22N2O2/c19-12-4-5-15-13(11-12)14-3-1-2-6-16(14,17-15)18-7-9-20-10-8-18/h4-5,11,14,17,19H,1-3,6-10H2/t14-,16-/m1/s1. The number of nitrogens with one attached hydrogen (secondary N) is 1. The fourth-order valence-corrected chi connectivity index (χ4v) is 4.32. The summed E-state index contributed by atoms with van der Waals surface area (Å²) >= 11 is 0. The molecule has 1 aromatic rings. The number of benzene rings is 1. The van der Waals surface area contributed by atoms with Crippen LogP contribution in [0.4, 0.5) is 5.69 Å². The Hall–Kier alpha value is -1.26. The molecule has 4 heteroatoms. The van der Waals surface area contributed by atoms with E-state index in [2.05, 4.69) is 10.2 Å². The van der Waals surface area contributed by atoms with Crippen molar-refractivity contribution in [2.45, 2.75) is 37.3 Å². The topological polar surface area (TPSA) is 44.7 Å². The summed E-state index contributed by atoms with van der Waals surface area (Å²) in [5.41, 5.74) is 2.57. The first-order chi connectivity index (χ1) is 9.79. The van der Waals surface area contributed by atoms with E-state index in [-0.39, 0.29) is 5.66 Å². The van der Waals surface area contributed by atoms with Crippen LogP contribution in [0.25, 0.3) is 0 Å². The summed E-state index contributed by atoms with van der Waals surface area (Å²) in [6, 6.07) is 5.78. The highest BCUT2D eigenvalue weighted by molar-refractivity contribution is 5.63. The zero-order valence-electron chi connectivity index (χ0n) is 11.8. The van der Waals surface area contributed by atoms with E-state index in [0.29, 0.717) is 11.7 Å². The Morgan fingerprint density at radius 2 is 2.10 bits per heavy atom. The van der Waals surface area contributed by atoms with Gasteiger partial charge < -0.3 is 15.2 Å². The molecular weight excluding hydrogens is 252 g/mol. The van der Waals surface area contributed by atoms with Gasteiger partial charge >= 0.3 is 0 Å². The molecule has 20 heavy (non-hydrogen) atoms. The molecule has 0 amide bonds. The highest BCUT2D eigenvalue weighted by Gasteiger charge is 2.51. The van der Waals surface area contributed by atoms with Crippen LogP contribution in [0.5, 0.6) is 5.75 Å². The fraction of sp³-hybridized carbons (Fsp3) is 0.625. The molecule has 4 nitrogen and oxygen atoms in total. The SMILES string of the molecule is Oc1ccc2c(c1)[C@H]1CCCC[C@]1(N1CCOCC1)N2. The third-order valence-electron chi connectivity index (χ3n) is 5.21. The van der Waals surface area contributed by atoms with E-state index in [4.69, 9.17) is 4.74 Å². The van der Waals surface area contributed by atoms with Crippen molar-refractivity contribution in [1.29, 1.82) is 0 Å². The molecule has 2 aliphatic heterocycles. The van der Waals surface area contributed by atoms with Crippen molar-refractivity contribution < 1.29 is 9.84 Å². The van der Waals surface area contributed by atoms with Crippen LogP contribution in [0.3, 0.4) is 0 Å². The fourth-order valence-electron chi connectivity index (χ4n) is 4.32. The first kappa shape index (κ1) is 12.5. The minimum Gasteiger partial charge on any atom is -0.508 e.